The zero-order valence-electron chi connectivity index (χ0n) is 14.2. The predicted octanol–water partition coefficient (Wildman–Crippen LogP) is 1.33. The number of hydrogen-bond donors (Lipinski definition) is 1. The molecule has 0 aliphatic carbocycles. The van der Waals surface area contributed by atoms with Crippen LogP contribution in [-0.4, -0.2) is 54.7 Å². The van der Waals surface area contributed by atoms with Crippen LogP contribution in [0.3, 0.4) is 0 Å². The number of rotatable bonds is 6. The molecule has 0 aromatic heterocycles. The molecule has 0 saturated carbocycles. The maximum atomic E-state index is 11.3. The lowest BCUT2D eigenvalue weighted by molar-refractivity contribution is -0.385. The maximum absolute atomic E-state index is 11.3. The van der Waals surface area contributed by atoms with E-state index in [4.69, 9.17) is 4.74 Å². The van der Waals surface area contributed by atoms with E-state index in [-0.39, 0.29) is 18.0 Å². The quantitative estimate of drug-likeness (QED) is 0.475. The zero-order chi connectivity index (χ0) is 17.7. The van der Waals surface area contributed by atoms with Gasteiger partial charge in [-0.15, -0.1) is 0 Å². The number of nitrogens with zero attached hydrogens (tertiary/aromatic N) is 2. The van der Waals surface area contributed by atoms with Crippen molar-refractivity contribution in [1.29, 1.82) is 0 Å². The molecule has 24 heavy (non-hydrogen) atoms. The molecule has 1 aliphatic heterocycles. The van der Waals surface area contributed by atoms with Gasteiger partial charge in [-0.05, 0) is 25.5 Å². The Morgan fingerprint density at radius 2 is 2.21 bits per heavy atom. The Bertz CT molecular complexity index is 607. The molecule has 0 spiro atoms. The number of methoxy groups -OCH3 is 1. The molecule has 1 aromatic rings. The Balaban J connectivity index is 2.13. The second-order valence-electron chi connectivity index (χ2n) is 5.88. The van der Waals surface area contributed by atoms with E-state index in [1.54, 1.807) is 6.07 Å². The summed E-state index contributed by atoms with van der Waals surface area (Å²) in [4.78, 5) is 24.2. The summed E-state index contributed by atoms with van der Waals surface area (Å²) < 4.78 is 9.67. The number of carbonyl (C=O) groups is 1. The van der Waals surface area contributed by atoms with Crippen LogP contribution in [0.4, 0.5) is 5.69 Å². The first kappa shape index (κ1) is 18.2. The van der Waals surface area contributed by atoms with E-state index in [9.17, 15) is 14.9 Å². The SMILES string of the molecule is COC(=O)COc1ccc(CN2CCNC(C)C2C)cc1[N+](=O)[O-]. The lowest BCUT2D eigenvalue weighted by Crippen LogP contribution is -2.54. The summed E-state index contributed by atoms with van der Waals surface area (Å²) in [5.41, 5.74) is 0.695. The third kappa shape index (κ3) is 4.42. The van der Waals surface area contributed by atoms with Gasteiger partial charge < -0.3 is 14.8 Å². The first-order valence-electron chi connectivity index (χ1n) is 7.86. The molecule has 2 unspecified atom stereocenters. The van der Waals surface area contributed by atoms with Crippen molar-refractivity contribution in [2.24, 2.45) is 0 Å². The number of nitro benzene ring substituents is 1. The fraction of sp³-hybridized carbons (Fsp3) is 0.562. The normalized spacial score (nSPS) is 21.3. The van der Waals surface area contributed by atoms with Gasteiger partial charge in [0.2, 0.25) is 0 Å². The van der Waals surface area contributed by atoms with Crippen molar-refractivity contribution in [3.8, 4) is 5.75 Å². The topological polar surface area (TPSA) is 93.9 Å². The van der Waals surface area contributed by atoms with E-state index in [0.717, 1.165) is 18.7 Å². The molecule has 1 fully saturated rings. The molecule has 1 N–H and O–H groups in total. The predicted molar refractivity (Wildman–Crippen MR) is 87.9 cm³/mol. The van der Waals surface area contributed by atoms with Crippen LogP contribution < -0.4 is 10.1 Å². The van der Waals surface area contributed by atoms with E-state index >= 15 is 0 Å². The van der Waals surface area contributed by atoms with Gasteiger partial charge in [0.15, 0.2) is 12.4 Å². The van der Waals surface area contributed by atoms with Gasteiger partial charge >= 0.3 is 11.7 Å². The first-order chi connectivity index (χ1) is 11.4. The number of nitrogens with one attached hydrogen (secondary N) is 1. The summed E-state index contributed by atoms with van der Waals surface area (Å²) in [6.45, 7) is 6.32. The summed E-state index contributed by atoms with van der Waals surface area (Å²) in [6.07, 6.45) is 0. The molecule has 8 heteroatoms. The average molecular weight is 337 g/mol. The molecule has 2 atom stereocenters. The number of benzene rings is 1. The highest BCUT2D eigenvalue weighted by molar-refractivity contribution is 5.71. The fourth-order valence-corrected chi connectivity index (χ4v) is 2.71. The van der Waals surface area contributed by atoms with Gasteiger partial charge in [0.05, 0.1) is 12.0 Å². The first-order valence-corrected chi connectivity index (χ1v) is 7.86. The van der Waals surface area contributed by atoms with Gasteiger partial charge in [-0.3, -0.25) is 15.0 Å². The Hall–Kier alpha value is -2.19. The monoisotopic (exact) mass is 337 g/mol. The van der Waals surface area contributed by atoms with Gasteiger partial charge in [0, 0.05) is 37.8 Å². The summed E-state index contributed by atoms with van der Waals surface area (Å²) in [5.74, 6) is -0.520. The van der Waals surface area contributed by atoms with Gasteiger partial charge in [-0.1, -0.05) is 6.07 Å². The van der Waals surface area contributed by atoms with E-state index < -0.39 is 10.9 Å². The number of esters is 1. The molecular weight excluding hydrogens is 314 g/mol. The molecule has 0 radical (unpaired) electrons. The largest absolute Gasteiger partial charge is 0.475 e. The van der Waals surface area contributed by atoms with Crippen LogP contribution in [0.2, 0.25) is 0 Å². The van der Waals surface area contributed by atoms with Crippen LogP contribution in [0.1, 0.15) is 19.4 Å². The standard InChI is InChI=1S/C16H23N3O5/c1-11-12(2)18(7-6-17-11)9-13-4-5-15(14(8-13)19(21)22)24-10-16(20)23-3/h4-5,8,11-12,17H,6-7,9-10H2,1-3H3. The third-order valence-electron chi connectivity index (χ3n) is 4.34. The van der Waals surface area contributed by atoms with Crippen LogP contribution in [-0.2, 0) is 16.1 Å². The van der Waals surface area contributed by atoms with Crippen molar-refractivity contribution in [2.75, 3.05) is 26.8 Å². The summed E-state index contributed by atoms with van der Waals surface area (Å²) in [5, 5.41) is 14.7. The minimum atomic E-state index is -0.586. The number of hydrogen-bond acceptors (Lipinski definition) is 7. The highest BCUT2D eigenvalue weighted by atomic mass is 16.6. The van der Waals surface area contributed by atoms with Crippen molar-refractivity contribution < 1.29 is 19.2 Å². The highest BCUT2D eigenvalue weighted by Gasteiger charge is 2.25. The second-order valence-corrected chi connectivity index (χ2v) is 5.88. The number of carbonyl (C=O) groups excluding carboxylic acids is 1. The Labute approximate surface area is 140 Å². The third-order valence-corrected chi connectivity index (χ3v) is 4.34. The zero-order valence-corrected chi connectivity index (χ0v) is 14.2. The van der Waals surface area contributed by atoms with Crippen molar-refractivity contribution in [2.45, 2.75) is 32.5 Å². The second kappa shape index (κ2) is 8.07. The van der Waals surface area contributed by atoms with Crippen molar-refractivity contribution in [3.63, 3.8) is 0 Å². The van der Waals surface area contributed by atoms with Gasteiger partial charge in [0.1, 0.15) is 0 Å². The van der Waals surface area contributed by atoms with Crippen molar-refractivity contribution in [1.82, 2.24) is 10.2 Å². The number of piperazine rings is 1. The highest BCUT2D eigenvalue weighted by Crippen LogP contribution is 2.29. The smallest absolute Gasteiger partial charge is 0.343 e. The Kier molecular flexibility index (Phi) is 6.10. The molecule has 8 nitrogen and oxygen atoms in total. The Morgan fingerprint density at radius 3 is 2.88 bits per heavy atom. The molecule has 1 heterocycles. The summed E-state index contributed by atoms with van der Waals surface area (Å²) >= 11 is 0. The summed E-state index contributed by atoms with van der Waals surface area (Å²) in [6, 6.07) is 5.54. The molecule has 0 amide bonds. The molecule has 0 bridgehead atoms. The average Bonchev–Trinajstić information content (AvgIpc) is 2.57. The van der Waals surface area contributed by atoms with E-state index in [1.807, 2.05) is 0 Å². The molecule has 1 saturated heterocycles. The van der Waals surface area contributed by atoms with Gasteiger partial charge in [-0.25, -0.2) is 4.79 Å². The molecule has 1 aliphatic rings. The van der Waals surface area contributed by atoms with Gasteiger partial charge in [-0.2, -0.15) is 0 Å². The lowest BCUT2D eigenvalue weighted by Gasteiger charge is -2.38. The number of nitro groups is 1. The minimum Gasteiger partial charge on any atom is -0.475 e. The van der Waals surface area contributed by atoms with Gasteiger partial charge in [0.25, 0.3) is 0 Å². The fourth-order valence-electron chi connectivity index (χ4n) is 2.71. The van der Waals surface area contributed by atoms with Crippen LogP contribution in [0, 0.1) is 10.1 Å². The van der Waals surface area contributed by atoms with Crippen molar-refractivity contribution in [3.05, 3.63) is 33.9 Å². The Morgan fingerprint density at radius 1 is 1.46 bits per heavy atom. The van der Waals surface area contributed by atoms with Crippen molar-refractivity contribution >= 4 is 11.7 Å². The molecular formula is C16H23N3O5. The molecule has 132 valence electrons. The van der Waals surface area contributed by atoms with Crippen LogP contribution in [0.15, 0.2) is 18.2 Å². The van der Waals surface area contributed by atoms with Crippen LogP contribution in [0.25, 0.3) is 0 Å². The summed E-state index contributed by atoms with van der Waals surface area (Å²) in [7, 11) is 1.23. The maximum Gasteiger partial charge on any atom is 0.343 e. The minimum absolute atomic E-state index is 0.0656. The van der Waals surface area contributed by atoms with Crippen LogP contribution >= 0.6 is 0 Å². The number of ether oxygens (including phenoxy) is 2. The van der Waals surface area contributed by atoms with E-state index in [1.165, 1.54) is 19.2 Å². The van der Waals surface area contributed by atoms with E-state index in [2.05, 4.69) is 28.8 Å². The lowest BCUT2D eigenvalue weighted by atomic mass is 10.1. The van der Waals surface area contributed by atoms with Crippen LogP contribution in [0.5, 0.6) is 5.75 Å². The van der Waals surface area contributed by atoms with E-state index in [0.29, 0.717) is 18.6 Å². The molecule has 1 aromatic carbocycles. The molecule has 2 rings (SSSR count).